The van der Waals surface area contributed by atoms with Gasteiger partial charge in [-0.1, -0.05) is 0 Å². The van der Waals surface area contributed by atoms with E-state index in [1.807, 2.05) is 0 Å². The lowest BCUT2D eigenvalue weighted by atomic mass is 10.4. The van der Waals surface area contributed by atoms with Crippen molar-refractivity contribution in [2.75, 3.05) is 17.3 Å². The first-order valence-electron chi connectivity index (χ1n) is 4.69. The summed E-state index contributed by atoms with van der Waals surface area (Å²) in [6, 6.07) is 0. The number of rotatable bonds is 6. The zero-order chi connectivity index (χ0) is 13.8. The predicted octanol–water partition coefficient (Wildman–Crippen LogP) is -0.670. The largest absolute Gasteiger partial charge is 0.476 e. The monoisotopic (exact) mass is 270 g/mol. The fourth-order valence-electron chi connectivity index (χ4n) is 1.10. The van der Waals surface area contributed by atoms with Crippen molar-refractivity contribution in [3.05, 3.63) is 11.4 Å². The molecule has 100 valence electrons. The van der Waals surface area contributed by atoms with E-state index in [-0.39, 0.29) is 18.3 Å². The number of hydrogen-bond donors (Lipinski definition) is 4. The maximum atomic E-state index is 10.7. The molecular weight excluding hydrogens is 264 g/mol. The van der Waals surface area contributed by atoms with Gasteiger partial charge in [0.05, 0.1) is 6.67 Å². The van der Waals surface area contributed by atoms with E-state index >= 15 is 0 Å². The lowest BCUT2D eigenvalue weighted by Gasteiger charge is -2.03. The molecule has 4 N–H and O–H groups in total. The second-order valence-corrected chi connectivity index (χ2v) is 3.06. The van der Waals surface area contributed by atoms with Crippen LogP contribution >= 0.6 is 0 Å². The Labute approximate surface area is 103 Å². The van der Waals surface area contributed by atoms with Gasteiger partial charge >= 0.3 is 11.9 Å². The number of aromatic nitrogens is 4. The summed E-state index contributed by atoms with van der Waals surface area (Å²) >= 11 is 0. The van der Waals surface area contributed by atoms with Crippen molar-refractivity contribution >= 4 is 23.6 Å². The van der Waals surface area contributed by atoms with Gasteiger partial charge < -0.3 is 20.8 Å². The van der Waals surface area contributed by atoms with E-state index < -0.39 is 23.3 Å². The summed E-state index contributed by atoms with van der Waals surface area (Å²) in [7, 11) is 0. The molecular formula is C7H6N6O6. The molecule has 2 heterocycles. The predicted molar refractivity (Wildman–Crippen MR) is 54.6 cm³/mol. The molecule has 12 nitrogen and oxygen atoms in total. The summed E-state index contributed by atoms with van der Waals surface area (Å²) in [5.41, 5.74) is -0.808. The highest BCUT2D eigenvalue weighted by Gasteiger charge is 2.19. The Morgan fingerprint density at radius 2 is 1.32 bits per heavy atom. The first-order chi connectivity index (χ1) is 9.09. The highest BCUT2D eigenvalue weighted by atomic mass is 16.6. The van der Waals surface area contributed by atoms with Gasteiger partial charge in [-0.25, -0.2) is 18.8 Å². The summed E-state index contributed by atoms with van der Waals surface area (Å²) < 4.78 is 8.49. The Balaban J connectivity index is 1.97. The number of anilines is 2. The second kappa shape index (κ2) is 4.99. The minimum absolute atomic E-state index is 0.0943. The fourth-order valence-corrected chi connectivity index (χ4v) is 1.10. The molecule has 0 saturated heterocycles. The highest BCUT2D eigenvalue weighted by molar-refractivity contribution is 5.91. The Morgan fingerprint density at radius 3 is 1.68 bits per heavy atom. The first-order valence-corrected chi connectivity index (χ1v) is 4.69. The first kappa shape index (κ1) is 12.3. The zero-order valence-electron chi connectivity index (χ0n) is 9.02. The van der Waals surface area contributed by atoms with Gasteiger partial charge in [0.25, 0.3) is 0 Å². The maximum absolute atomic E-state index is 10.7. The maximum Gasteiger partial charge on any atom is 0.362 e. The normalized spacial score (nSPS) is 10.1. The lowest BCUT2D eigenvalue weighted by Crippen LogP contribution is -2.16. The van der Waals surface area contributed by atoms with Crippen molar-refractivity contribution in [3.63, 3.8) is 0 Å². The van der Waals surface area contributed by atoms with Gasteiger partial charge in [-0.15, -0.1) is 0 Å². The molecule has 2 aromatic rings. The van der Waals surface area contributed by atoms with Gasteiger partial charge in [-0.3, -0.25) is 0 Å². The summed E-state index contributed by atoms with van der Waals surface area (Å²) in [6.07, 6.45) is 0. The van der Waals surface area contributed by atoms with Gasteiger partial charge in [0.2, 0.25) is 23.0 Å². The third-order valence-corrected chi connectivity index (χ3v) is 1.89. The van der Waals surface area contributed by atoms with E-state index in [0.29, 0.717) is 0 Å². The quantitative estimate of drug-likeness (QED) is 0.487. The molecule has 0 aliphatic heterocycles. The molecule has 0 spiro atoms. The molecule has 19 heavy (non-hydrogen) atoms. The highest BCUT2D eigenvalue weighted by Crippen LogP contribution is 2.11. The van der Waals surface area contributed by atoms with Crippen molar-refractivity contribution in [2.45, 2.75) is 0 Å². The van der Waals surface area contributed by atoms with Crippen LogP contribution in [0.1, 0.15) is 21.0 Å². The summed E-state index contributed by atoms with van der Waals surface area (Å²) in [5.74, 6) is -2.88. The third-order valence-electron chi connectivity index (χ3n) is 1.89. The topological polar surface area (TPSA) is 176 Å². The van der Waals surface area contributed by atoms with Crippen molar-refractivity contribution in [1.29, 1.82) is 0 Å². The minimum Gasteiger partial charge on any atom is -0.476 e. The average molecular weight is 270 g/mol. The molecule has 0 amide bonds. The molecule has 2 rings (SSSR count). The van der Waals surface area contributed by atoms with Crippen molar-refractivity contribution in [3.8, 4) is 0 Å². The lowest BCUT2D eigenvalue weighted by molar-refractivity contribution is 0.0675. The Bertz CT molecular complexity index is 552. The number of nitrogens with one attached hydrogen (secondary N) is 2. The molecule has 0 aliphatic carbocycles. The van der Waals surface area contributed by atoms with Crippen LogP contribution in [0, 0.1) is 0 Å². The standard InChI is InChI=1S/C7H6N6O6/c14-6(15)2-4(12-18-10-2)8-1-9-5-3(7(16)17)11-19-13-5/h1H2,(H,8,12)(H,9,13)(H,14,15)(H,16,17). The van der Waals surface area contributed by atoms with Crippen LogP contribution in [-0.2, 0) is 0 Å². The molecule has 0 bridgehead atoms. The van der Waals surface area contributed by atoms with Crippen LogP contribution in [0.25, 0.3) is 0 Å². The Kier molecular flexibility index (Phi) is 3.22. The van der Waals surface area contributed by atoms with E-state index in [2.05, 4.69) is 40.5 Å². The number of nitrogens with zero attached hydrogens (tertiary/aromatic N) is 4. The molecule has 0 fully saturated rings. The van der Waals surface area contributed by atoms with Gasteiger partial charge in [0.1, 0.15) is 0 Å². The number of carbonyl (C=O) groups is 2. The smallest absolute Gasteiger partial charge is 0.362 e. The molecule has 0 atom stereocenters. The zero-order valence-corrected chi connectivity index (χ0v) is 9.02. The van der Waals surface area contributed by atoms with Crippen LogP contribution in [0.4, 0.5) is 11.6 Å². The van der Waals surface area contributed by atoms with Crippen LogP contribution < -0.4 is 10.6 Å². The van der Waals surface area contributed by atoms with Gasteiger partial charge in [0.15, 0.2) is 0 Å². The number of aromatic carboxylic acids is 2. The van der Waals surface area contributed by atoms with E-state index in [1.54, 1.807) is 0 Å². The Hall–Kier alpha value is -3.18. The number of carboxylic acid groups (broad SMARTS) is 2. The van der Waals surface area contributed by atoms with E-state index in [9.17, 15) is 9.59 Å². The van der Waals surface area contributed by atoms with Gasteiger partial charge in [0, 0.05) is 0 Å². The van der Waals surface area contributed by atoms with Crippen LogP contribution in [0.5, 0.6) is 0 Å². The third kappa shape index (κ3) is 2.56. The van der Waals surface area contributed by atoms with Crippen LogP contribution in [-0.4, -0.2) is 49.4 Å². The molecule has 2 aromatic heterocycles. The van der Waals surface area contributed by atoms with E-state index in [4.69, 9.17) is 10.2 Å². The van der Waals surface area contributed by atoms with E-state index in [1.165, 1.54) is 0 Å². The molecule has 12 heteroatoms. The van der Waals surface area contributed by atoms with Crippen LogP contribution in [0.15, 0.2) is 9.26 Å². The van der Waals surface area contributed by atoms with Crippen molar-refractivity contribution in [1.82, 2.24) is 20.6 Å². The molecule has 0 saturated carbocycles. The van der Waals surface area contributed by atoms with Gasteiger partial charge in [-0.05, 0) is 20.6 Å². The minimum atomic E-state index is -1.32. The van der Waals surface area contributed by atoms with Crippen molar-refractivity contribution in [2.24, 2.45) is 0 Å². The number of carboxylic acids is 2. The van der Waals surface area contributed by atoms with Gasteiger partial charge in [-0.2, -0.15) is 0 Å². The summed E-state index contributed by atoms with van der Waals surface area (Å²) in [4.78, 5) is 21.4. The molecule has 0 radical (unpaired) electrons. The molecule has 0 unspecified atom stereocenters. The fraction of sp³-hybridized carbons (Fsp3) is 0.143. The molecule has 0 aromatic carbocycles. The van der Waals surface area contributed by atoms with Crippen LogP contribution in [0.2, 0.25) is 0 Å². The molecule has 0 aliphatic rings. The number of hydrogen-bond acceptors (Lipinski definition) is 10. The summed E-state index contributed by atoms with van der Waals surface area (Å²) in [5, 5.41) is 35.4. The van der Waals surface area contributed by atoms with Crippen LogP contribution in [0.3, 0.4) is 0 Å². The SMILES string of the molecule is O=C(O)c1nonc1NCNc1nonc1C(=O)O. The average Bonchev–Trinajstić information content (AvgIpc) is 2.96. The Morgan fingerprint density at radius 1 is 0.895 bits per heavy atom. The second-order valence-electron chi connectivity index (χ2n) is 3.06. The van der Waals surface area contributed by atoms with Crippen molar-refractivity contribution < 1.29 is 29.1 Å². The van der Waals surface area contributed by atoms with E-state index in [0.717, 1.165) is 0 Å². The summed E-state index contributed by atoms with van der Waals surface area (Å²) in [6.45, 7) is -0.0943.